The zero-order valence-electron chi connectivity index (χ0n) is 11.6. The van der Waals surface area contributed by atoms with Crippen molar-refractivity contribution in [1.82, 2.24) is 4.57 Å². The quantitative estimate of drug-likeness (QED) is 0.572. The molecule has 3 aromatic rings. The molecule has 0 unspecified atom stereocenters. The maximum Gasteiger partial charge on any atom is 0.204 e. The summed E-state index contributed by atoms with van der Waals surface area (Å²) in [7, 11) is 0. The highest BCUT2D eigenvalue weighted by Crippen LogP contribution is 2.33. The van der Waals surface area contributed by atoms with Crippen molar-refractivity contribution >= 4 is 50.5 Å². The molecule has 3 rings (SSSR count). The lowest BCUT2D eigenvalue weighted by atomic mass is 10.1. The van der Waals surface area contributed by atoms with Crippen LogP contribution in [0.15, 0.2) is 30.3 Å². The molecule has 0 aliphatic carbocycles. The molecule has 0 amide bonds. The van der Waals surface area contributed by atoms with E-state index >= 15 is 0 Å². The first-order valence-electron chi connectivity index (χ1n) is 6.61. The standard InChI is InChI=1S/C16H13Cl2NOS/c1-3-19-9(2)7-10-8-13(21-16(10)19)15(20)11-5-4-6-12(17)14(11)18/h4-8H,3H2,1-2H3. The van der Waals surface area contributed by atoms with Gasteiger partial charge in [-0.1, -0.05) is 29.3 Å². The molecular weight excluding hydrogens is 325 g/mol. The monoisotopic (exact) mass is 337 g/mol. The van der Waals surface area contributed by atoms with Crippen LogP contribution in [0.4, 0.5) is 0 Å². The van der Waals surface area contributed by atoms with Gasteiger partial charge in [0.25, 0.3) is 0 Å². The Hall–Kier alpha value is -1.29. The Bertz CT molecular complexity index is 847. The van der Waals surface area contributed by atoms with E-state index in [0.29, 0.717) is 20.5 Å². The minimum Gasteiger partial charge on any atom is -0.337 e. The summed E-state index contributed by atoms with van der Waals surface area (Å²) >= 11 is 13.6. The number of hydrogen-bond donors (Lipinski definition) is 0. The Morgan fingerprint density at radius 3 is 2.76 bits per heavy atom. The smallest absolute Gasteiger partial charge is 0.204 e. The van der Waals surface area contributed by atoms with Gasteiger partial charge in [-0.15, -0.1) is 11.3 Å². The molecule has 0 radical (unpaired) electrons. The number of ketones is 1. The number of aromatic nitrogens is 1. The van der Waals surface area contributed by atoms with Crippen molar-refractivity contribution in [2.45, 2.75) is 20.4 Å². The number of rotatable bonds is 3. The van der Waals surface area contributed by atoms with E-state index in [0.717, 1.165) is 16.8 Å². The van der Waals surface area contributed by atoms with Crippen LogP contribution in [-0.2, 0) is 6.54 Å². The molecule has 0 spiro atoms. The summed E-state index contributed by atoms with van der Waals surface area (Å²) in [6, 6.07) is 9.16. The molecule has 2 aromatic heterocycles. The van der Waals surface area contributed by atoms with Crippen molar-refractivity contribution in [3.8, 4) is 0 Å². The van der Waals surface area contributed by atoms with Crippen molar-refractivity contribution in [3.63, 3.8) is 0 Å². The molecule has 0 aliphatic rings. The third-order valence-corrected chi connectivity index (χ3v) is 5.50. The minimum atomic E-state index is -0.0796. The summed E-state index contributed by atoms with van der Waals surface area (Å²) in [5.41, 5.74) is 1.66. The normalized spacial score (nSPS) is 11.2. The average Bonchev–Trinajstić information content (AvgIpc) is 2.97. The molecule has 0 bridgehead atoms. The van der Waals surface area contributed by atoms with Crippen LogP contribution < -0.4 is 0 Å². The molecule has 108 valence electrons. The predicted octanol–water partition coefficient (Wildman–Crippen LogP) is 5.57. The summed E-state index contributed by atoms with van der Waals surface area (Å²) in [6.45, 7) is 5.06. The lowest BCUT2D eigenvalue weighted by molar-refractivity contribution is 0.104. The lowest BCUT2D eigenvalue weighted by Gasteiger charge is -2.03. The van der Waals surface area contributed by atoms with Crippen LogP contribution in [0, 0.1) is 6.92 Å². The van der Waals surface area contributed by atoms with Crippen LogP contribution >= 0.6 is 34.5 Å². The second-order valence-corrected chi connectivity index (χ2v) is 6.65. The molecule has 5 heteroatoms. The SMILES string of the molecule is CCn1c(C)cc2cc(C(=O)c3cccc(Cl)c3Cl)sc21. The first kappa shape index (κ1) is 14.6. The molecule has 0 saturated carbocycles. The van der Waals surface area contributed by atoms with Gasteiger partial charge >= 0.3 is 0 Å². The largest absolute Gasteiger partial charge is 0.337 e. The predicted molar refractivity (Wildman–Crippen MR) is 90.1 cm³/mol. The summed E-state index contributed by atoms with van der Waals surface area (Å²) in [5, 5.41) is 1.81. The van der Waals surface area contributed by atoms with Crippen molar-refractivity contribution in [2.24, 2.45) is 0 Å². The lowest BCUT2D eigenvalue weighted by Crippen LogP contribution is -2.00. The second-order valence-electron chi connectivity index (χ2n) is 4.83. The van der Waals surface area contributed by atoms with E-state index in [1.807, 2.05) is 6.07 Å². The molecule has 2 heterocycles. The molecule has 1 aromatic carbocycles. The van der Waals surface area contributed by atoms with E-state index in [1.165, 1.54) is 17.0 Å². The fourth-order valence-electron chi connectivity index (χ4n) is 2.49. The van der Waals surface area contributed by atoms with Gasteiger partial charge in [-0.05, 0) is 38.1 Å². The van der Waals surface area contributed by atoms with Crippen LogP contribution in [-0.4, -0.2) is 10.4 Å². The van der Waals surface area contributed by atoms with Crippen LogP contribution in [0.3, 0.4) is 0 Å². The molecule has 0 fully saturated rings. The number of aryl methyl sites for hydroxylation is 2. The maximum atomic E-state index is 12.6. The third kappa shape index (κ3) is 2.39. The molecule has 0 aliphatic heterocycles. The van der Waals surface area contributed by atoms with Gasteiger partial charge in [-0.25, -0.2) is 0 Å². The average molecular weight is 338 g/mol. The van der Waals surface area contributed by atoms with E-state index in [4.69, 9.17) is 23.2 Å². The number of thiophene rings is 1. The summed E-state index contributed by atoms with van der Waals surface area (Å²) in [4.78, 5) is 14.4. The van der Waals surface area contributed by atoms with E-state index < -0.39 is 0 Å². The van der Waals surface area contributed by atoms with Gasteiger partial charge in [0.05, 0.1) is 14.9 Å². The molecule has 0 atom stereocenters. The van der Waals surface area contributed by atoms with Gasteiger partial charge in [-0.3, -0.25) is 4.79 Å². The van der Waals surface area contributed by atoms with Crippen LogP contribution in [0.25, 0.3) is 10.2 Å². The third-order valence-electron chi connectivity index (χ3n) is 3.51. The zero-order valence-corrected chi connectivity index (χ0v) is 13.9. The van der Waals surface area contributed by atoms with Crippen LogP contribution in [0.1, 0.15) is 27.9 Å². The fourth-order valence-corrected chi connectivity index (χ4v) is 4.09. The van der Waals surface area contributed by atoms with Gasteiger partial charge in [0, 0.05) is 23.2 Å². The van der Waals surface area contributed by atoms with Gasteiger partial charge < -0.3 is 4.57 Å². The number of benzene rings is 1. The molecule has 2 nitrogen and oxygen atoms in total. The number of fused-ring (bicyclic) bond motifs is 1. The number of carbonyl (C=O) groups is 1. The van der Waals surface area contributed by atoms with Crippen molar-refractivity contribution in [3.05, 3.63) is 56.5 Å². The van der Waals surface area contributed by atoms with Gasteiger partial charge in [0.2, 0.25) is 5.78 Å². The van der Waals surface area contributed by atoms with Gasteiger partial charge in [-0.2, -0.15) is 0 Å². The number of carbonyl (C=O) groups excluding carboxylic acids is 1. The topological polar surface area (TPSA) is 22.0 Å². The number of hydrogen-bond acceptors (Lipinski definition) is 2. The van der Waals surface area contributed by atoms with Crippen molar-refractivity contribution in [2.75, 3.05) is 0 Å². The zero-order chi connectivity index (χ0) is 15.1. The summed E-state index contributed by atoms with van der Waals surface area (Å²) in [5.74, 6) is -0.0796. The van der Waals surface area contributed by atoms with Crippen molar-refractivity contribution < 1.29 is 4.79 Å². The maximum absolute atomic E-state index is 12.6. The Labute approximate surface area is 136 Å². The number of halogens is 2. The van der Waals surface area contributed by atoms with Crippen LogP contribution in [0.5, 0.6) is 0 Å². The summed E-state index contributed by atoms with van der Waals surface area (Å²) < 4.78 is 2.20. The minimum absolute atomic E-state index is 0.0796. The first-order valence-corrected chi connectivity index (χ1v) is 8.18. The van der Waals surface area contributed by atoms with Crippen molar-refractivity contribution in [1.29, 1.82) is 0 Å². The first-order chi connectivity index (χ1) is 10.0. The van der Waals surface area contributed by atoms with Gasteiger partial charge in [0.15, 0.2) is 0 Å². The Morgan fingerprint density at radius 2 is 2.05 bits per heavy atom. The Kier molecular flexibility index (Phi) is 3.82. The highest BCUT2D eigenvalue weighted by atomic mass is 35.5. The second kappa shape index (κ2) is 5.48. The van der Waals surface area contributed by atoms with E-state index in [-0.39, 0.29) is 5.78 Å². The van der Waals surface area contributed by atoms with Gasteiger partial charge in [0.1, 0.15) is 4.83 Å². The molecule has 0 saturated heterocycles. The van der Waals surface area contributed by atoms with E-state index in [9.17, 15) is 4.79 Å². The van der Waals surface area contributed by atoms with E-state index in [1.54, 1.807) is 18.2 Å². The highest BCUT2D eigenvalue weighted by molar-refractivity contribution is 7.20. The molecule has 0 N–H and O–H groups in total. The molecular formula is C16H13Cl2NOS. The Morgan fingerprint density at radius 1 is 1.29 bits per heavy atom. The Balaban J connectivity index is 2.10. The van der Waals surface area contributed by atoms with Crippen LogP contribution in [0.2, 0.25) is 10.0 Å². The number of nitrogens with zero attached hydrogens (tertiary/aromatic N) is 1. The highest BCUT2D eigenvalue weighted by Gasteiger charge is 2.18. The van der Waals surface area contributed by atoms with E-state index in [2.05, 4.69) is 24.5 Å². The molecule has 21 heavy (non-hydrogen) atoms. The summed E-state index contributed by atoms with van der Waals surface area (Å²) in [6.07, 6.45) is 0. The fraction of sp³-hybridized carbons (Fsp3) is 0.188.